The Morgan fingerprint density at radius 3 is 2.61 bits per heavy atom. The van der Waals surface area contributed by atoms with Gasteiger partial charge in [0.25, 0.3) is 0 Å². The molecule has 2 N–H and O–H groups in total. The van der Waals surface area contributed by atoms with Gasteiger partial charge in [0, 0.05) is 58.4 Å². The summed E-state index contributed by atoms with van der Waals surface area (Å²) in [4.78, 5) is 19.5. The lowest BCUT2D eigenvalue weighted by Gasteiger charge is -2.34. The van der Waals surface area contributed by atoms with Crippen LogP contribution in [-0.2, 0) is 6.42 Å². The predicted molar refractivity (Wildman–Crippen MR) is 115 cm³/mol. The molecule has 0 aliphatic carbocycles. The van der Waals surface area contributed by atoms with Crippen LogP contribution in [0.5, 0.6) is 0 Å². The number of likely N-dealkylation sites (N-methyl/N-ethyl adjacent to an activating group) is 1. The first-order valence-electron chi connectivity index (χ1n) is 10.8. The van der Waals surface area contributed by atoms with E-state index in [-0.39, 0.29) is 12.1 Å². The van der Waals surface area contributed by atoms with Gasteiger partial charge in [-0.2, -0.15) is 0 Å². The maximum absolute atomic E-state index is 12.2. The molecule has 2 aliphatic heterocycles. The zero-order chi connectivity index (χ0) is 19.8. The Morgan fingerprint density at radius 2 is 1.86 bits per heavy atom. The summed E-state index contributed by atoms with van der Waals surface area (Å²) in [5.41, 5.74) is 1.40. The molecule has 2 aliphatic rings. The standard InChI is InChI=1S/C22H37N5O/c1-19(17-27-14-12-25(2)13-15-27)24-22(28)23-16-21-9-11-26(18-21)10-8-20-6-4-3-5-7-20/h3-7,19,21H,8-18H2,1-2H3,(H2,23,24,28). The molecule has 0 saturated carbocycles. The first-order chi connectivity index (χ1) is 13.6. The summed E-state index contributed by atoms with van der Waals surface area (Å²) in [5.74, 6) is 0.564. The molecule has 156 valence electrons. The van der Waals surface area contributed by atoms with Gasteiger partial charge in [-0.15, -0.1) is 0 Å². The fourth-order valence-electron chi connectivity index (χ4n) is 4.19. The molecule has 28 heavy (non-hydrogen) atoms. The van der Waals surface area contributed by atoms with E-state index >= 15 is 0 Å². The van der Waals surface area contributed by atoms with Gasteiger partial charge in [0.15, 0.2) is 0 Å². The van der Waals surface area contributed by atoms with Crippen LogP contribution in [0.25, 0.3) is 0 Å². The van der Waals surface area contributed by atoms with Crippen molar-refractivity contribution in [2.45, 2.75) is 25.8 Å². The van der Waals surface area contributed by atoms with Crippen molar-refractivity contribution in [3.63, 3.8) is 0 Å². The lowest BCUT2D eigenvalue weighted by atomic mass is 10.1. The zero-order valence-electron chi connectivity index (χ0n) is 17.6. The fraction of sp³-hybridized carbons (Fsp3) is 0.682. The highest BCUT2D eigenvalue weighted by molar-refractivity contribution is 5.74. The molecule has 2 heterocycles. The molecule has 2 saturated heterocycles. The maximum Gasteiger partial charge on any atom is 0.315 e. The first kappa shape index (κ1) is 21.1. The minimum atomic E-state index is -0.0237. The quantitative estimate of drug-likeness (QED) is 0.710. The molecule has 0 spiro atoms. The SMILES string of the molecule is CC(CN1CCN(C)CC1)NC(=O)NCC1CCN(CCc2ccccc2)C1. The van der Waals surface area contributed by atoms with Crippen LogP contribution >= 0.6 is 0 Å². The van der Waals surface area contributed by atoms with Crippen LogP contribution in [0.15, 0.2) is 30.3 Å². The summed E-state index contributed by atoms with van der Waals surface area (Å²) in [6, 6.07) is 10.8. The molecule has 3 rings (SSSR count). The molecule has 0 aromatic heterocycles. The third-order valence-electron chi connectivity index (χ3n) is 5.99. The second kappa shape index (κ2) is 10.8. The summed E-state index contributed by atoms with van der Waals surface area (Å²) in [5, 5.41) is 6.19. The Bertz CT molecular complexity index is 588. The third-order valence-corrected chi connectivity index (χ3v) is 5.99. The van der Waals surface area contributed by atoms with Crippen molar-refractivity contribution in [1.29, 1.82) is 0 Å². The molecular weight excluding hydrogens is 350 g/mol. The van der Waals surface area contributed by atoms with Gasteiger partial charge in [-0.3, -0.25) is 4.90 Å². The number of hydrogen-bond donors (Lipinski definition) is 2. The van der Waals surface area contributed by atoms with Crippen molar-refractivity contribution in [3.8, 4) is 0 Å². The van der Waals surface area contributed by atoms with E-state index in [0.717, 1.165) is 65.3 Å². The molecule has 0 radical (unpaired) electrons. The van der Waals surface area contributed by atoms with Crippen LogP contribution in [0.4, 0.5) is 4.79 Å². The van der Waals surface area contributed by atoms with E-state index in [2.05, 4.69) is 69.6 Å². The number of likely N-dealkylation sites (tertiary alicyclic amines) is 1. The van der Waals surface area contributed by atoms with Crippen LogP contribution in [-0.4, -0.2) is 92.7 Å². The fourth-order valence-corrected chi connectivity index (χ4v) is 4.19. The van der Waals surface area contributed by atoms with Crippen molar-refractivity contribution in [2.24, 2.45) is 5.92 Å². The molecule has 2 unspecified atom stereocenters. The molecule has 2 amide bonds. The van der Waals surface area contributed by atoms with Crippen LogP contribution in [0.3, 0.4) is 0 Å². The molecule has 6 nitrogen and oxygen atoms in total. The number of urea groups is 1. The predicted octanol–water partition coefficient (Wildman–Crippen LogP) is 1.49. The Kier molecular flexibility index (Phi) is 8.13. The van der Waals surface area contributed by atoms with Gasteiger partial charge in [-0.05, 0) is 44.8 Å². The number of carbonyl (C=O) groups is 1. The monoisotopic (exact) mass is 387 g/mol. The second-order valence-electron chi connectivity index (χ2n) is 8.55. The van der Waals surface area contributed by atoms with Crippen molar-refractivity contribution in [1.82, 2.24) is 25.3 Å². The van der Waals surface area contributed by atoms with Gasteiger partial charge < -0.3 is 20.4 Å². The number of piperazine rings is 1. The summed E-state index contributed by atoms with van der Waals surface area (Å²) >= 11 is 0. The lowest BCUT2D eigenvalue weighted by Crippen LogP contribution is -2.51. The number of amides is 2. The highest BCUT2D eigenvalue weighted by atomic mass is 16.2. The molecule has 6 heteroatoms. The number of benzene rings is 1. The van der Waals surface area contributed by atoms with E-state index in [1.54, 1.807) is 0 Å². The van der Waals surface area contributed by atoms with Crippen molar-refractivity contribution < 1.29 is 4.79 Å². The average Bonchev–Trinajstić information content (AvgIpc) is 3.15. The minimum absolute atomic E-state index is 0.0237. The van der Waals surface area contributed by atoms with Gasteiger partial charge in [0.05, 0.1) is 0 Å². The zero-order valence-corrected chi connectivity index (χ0v) is 17.6. The van der Waals surface area contributed by atoms with Crippen molar-refractivity contribution in [3.05, 3.63) is 35.9 Å². The summed E-state index contributed by atoms with van der Waals surface area (Å²) in [7, 11) is 2.16. The number of rotatable bonds is 8. The summed E-state index contributed by atoms with van der Waals surface area (Å²) in [6.07, 6.45) is 2.27. The van der Waals surface area contributed by atoms with E-state index in [1.807, 2.05) is 0 Å². The van der Waals surface area contributed by atoms with Gasteiger partial charge in [0.2, 0.25) is 0 Å². The Labute approximate surface area is 170 Å². The van der Waals surface area contributed by atoms with E-state index in [1.165, 1.54) is 12.0 Å². The van der Waals surface area contributed by atoms with Crippen molar-refractivity contribution in [2.75, 3.05) is 66.0 Å². The normalized spacial score (nSPS) is 22.9. The van der Waals surface area contributed by atoms with Gasteiger partial charge in [0.1, 0.15) is 0 Å². The second-order valence-corrected chi connectivity index (χ2v) is 8.55. The Morgan fingerprint density at radius 1 is 1.11 bits per heavy atom. The van der Waals surface area contributed by atoms with Gasteiger partial charge in [-0.1, -0.05) is 30.3 Å². The Hall–Kier alpha value is -1.63. The highest BCUT2D eigenvalue weighted by Gasteiger charge is 2.23. The Balaban J connectivity index is 1.27. The van der Waals surface area contributed by atoms with Crippen LogP contribution in [0, 0.1) is 5.92 Å². The van der Waals surface area contributed by atoms with Gasteiger partial charge in [-0.25, -0.2) is 4.79 Å². The molecule has 2 atom stereocenters. The van der Waals surface area contributed by atoms with E-state index in [9.17, 15) is 4.79 Å². The molecule has 2 fully saturated rings. The third kappa shape index (κ3) is 7.08. The van der Waals surface area contributed by atoms with E-state index in [4.69, 9.17) is 0 Å². The van der Waals surface area contributed by atoms with E-state index < -0.39 is 0 Å². The van der Waals surface area contributed by atoms with Crippen molar-refractivity contribution >= 4 is 6.03 Å². The number of hydrogen-bond acceptors (Lipinski definition) is 4. The molecule has 0 bridgehead atoms. The summed E-state index contributed by atoms with van der Waals surface area (Å²) in [6.45, 7) is 11.5. The molecule has 1 aromatic rings. The molecule has 1 aromatic carbocycles. The smallest absolute Gasteiger partial charge is 0.315 e. The van der Waals surface area contributed by atoms with Crippen LogP contribution in [0.2, 0.25) is 0 Å². The number of nitrogens with one attached hydrogen (secondary N) is 2. The maximum atomic E-state index is 12.2. The highest BCUT2D eigenvalue weighted by Crippen LogP contribution is 2.16. The number of carbonyl (C=O) groups excluding carboxylic acids is 1. The number of nitrogens with zero attached hydrogens (tertiary/aromatic N) is 3. The topological polar surface area (TPSA) is 50.9 Å². The summed E-state index contributed by atoms with van der Waals surface area (Å²) < 4.78 is 0. The molecular formula is C22H37N5O. The average molecular weight is 388 g/mol. The lowest BCUT2D eigenvalue weighted by molar-refractivity contribution is 0.144. The van der Waals surface area contributed by atoms with E-state index in [0.29, 0.717) is 5.92 Å². The largest absolute Gasteiger partial charge is 0.338 e. The van der Waals surface area contributed by atoms with Crippen LogP contribution in [0.1, 0.15) is 18.9 Å². The minimum Gasteiger partial charge on any atom is -0.338 e. The first-order valence-corrected chi connectivity index (χ1v) is 10.8. The van der Waals surface area contributed by atoms with Gasteiger partial charge >= 0.3 is 6.03 Å². The van der Waals surface area contributed by atoms with Crippen LogP contribution < -0.4 is 10.6 Å².